The summed E-state index contributed by atoms with van der Waals surface area (Å²) < 4.78 is 27.3. The summed E-state index contributed by atoms with van der Waals surface area (Å²) in [6, 6.07) is 9.61. The molecule has 5 nitrogen and oxygen atoms in total. The zero-order valence-corrected chi connectivity index (χ0v) is 16.9. The number of halogens is 2. The van der Waals surface area contributed by atoms with E-state index in [-0.39, 0.29) is 22.3 Å². The molecule has 2 amide bonds. The number of hydrogen-bond acceptors (Lipinski definition) is 4. The van der Waals surface area contributed by atoms with Crippen LogP contribution in [-0.2, 0) is 4.79 Å². The highest BCUT2D eigenvalue weighted by atomic mass is 32.1. The molecule has 2 aromatic carbocycles. The monoisotopic (exact) mass is 415 g/mol. The van der Waals surface area contributed by atoms with Gasteiger partial charge < -0.3 is 5.32 Å². The van der Waals surface area contributed by atoms with Crippen molar-refractivity contribution in [2.75, 3.05) is 10.6 Å². The smallest absolute Gasteiger partial charge is 0.257 e. The molecule has 29 heavy (non-hydrogen) atoms. The zero-order valence-electron chi connectivity index (χ0n) is 16.0. The van der Waals surface area contributed by atoms with Gasteiger partial charge in [0.05, 0.1) is 5.69 Å². The number of rotatable bonds is 4. The van der Waals surface area contributed by atoms with Crippen LogP contribution >= 0.6 is 11.3 Å². The predicted octanol–water partition coefficient (Wildman–Crippen LogP) is 5.33. The third kappa shape index (κ3) is 5.03. The van der Waals surface area contributed by atoms with Gasteiger partial charge in [-0.15, -0.1) is 11.3 Å². The summed E-state index contributed by atoms with van der Waals surface area (Å²) in [6.07, 6.45) is 0. The van der Waals surface area contributed by atoms with Crippen molar-refractivity contribution in [3.05, 3.63) is 65.0 Å². The molecule has 0 atom stereocenters. The summed E-state index contributed by atoms with van der Waals surface area (Å²) in [4.78, 5) is 28.8. The average Bonchev–Trinajstić information content (AvgIpc) is 3.11. The summed E-state index contributed by atoms with van der Waals surface area (Å²) in [7, 11) is 0. The number of nitrogens with zero attached hydrogens (tertiary/aromatic N) is 1. The van der Waals surface area contributed by atoms with E-state index >= 15 is 0 Å². The Hall–Kier alpha value is -3.13. The topological polar surface area (TPSA) is 71.1 Å². The SMILES string of the molecule is CC(C)(C)C(=O)Nc1cccc(C(=O)Nc2nc(-c3cc(F)ccc3F)cs2)c1. The van der Waals surface area contributed by atoms with Crippen LogP contribution in [0.2, 0.25) is 0 Å². The first-order valence-corrected chi connectivity index (χ1v) is 9.65. The van der Waals surface area contributed by atoms with Crippen molar-refractivity contribution in [3.63, 3.8) is 0 Å². The molecule has 1 heterocycles. The highest BCUT2D eigenvalue weighted by molar-refractivity contribution is 7.14. The number of thiazole rings is 1. The lowest BCUT2D eigenvalue weighted by Gasteiger charge is -2.17. The minimum absolute atomic E-state index is 0.0219. The third-order valence-corrected chi connectivity index (χ3v) is 4.75. The fourth-order valence-corrected chi connectivity index (χ4v) is 3.08. The van der Waals surface area contributed by atoms with Crippen LogP contribution in [0.3, 0.4) is 0 Å². The van der Waals surface area contributed by atoms with Crippen LogP contribution < -0.4 is 10.6 Å². The Morgan fingerprint density at radius 1 is 1.03 bits per heavy atom. The van der Waals surface area contributed by atoms with E-state index in [0.29, 0.717) is 11.3 Å². The molecule has 1 aromatic heterocycles. The molecule has 0 spiro atoms. The maximum atomic E-state index is 13.9. The van der Waals surface area contributed by atoms with Gasteiger partial charge >= 0.3 is 0 Å². The van der Waals surface area contributed by atoms with Crippen LogP contribution in [0, 0.1) is 17.0 Å². The van der Waals surface area contributed by atoms with Gasteiger partial charge in [0.25, 0.3) is 5.91 Å². The molecule has 0 unspecified atom stereocenters. The number of anilines is 2. The average molecular weight is 415 g/mol. The van der Waals surface area contributed by atoms with Gasteiger partial charge in [-0.1, -0.05) is 26.8 Å². The van der Waals surface area contributed by atoms with Crippen LogP contribution in [0.5, 0.6) is 0 Å². The highest BCUT2D eigenvalue weighted by Gasteiger charge is 2.21. The van der Waals surface area contributed by atoms with Gasteiger partial charge in [-0.2, -0.15) is 0 Å². The van der Waals surface area contributed by atoms with Gasteiger partial charge in [0.2, 0.25) is 5.91 Å². The molecule has 8 heteroatoms. The maximum Gasteiger partial charge on any atom is 0.257 e. The predicted molar refractivity (Wildman–Crippen MR) is 110 cm³/mol. The molecule has 0 bridgehead atoms. The van der Waals surface area contributed by atoms with E-state index in [1.54, 1.807) is 45.0 Å². The van der Waals surface area contributed by atoms with Crippen LogP contribution in [0.1, 0.15) is 31.1 Å². The molecule has 2 N–H and O–H groups in total. The van der Waals surface area contributed by atoms with Gasteiger partial charge in [0.1, 0.15) is 11.6 Å². The minimum Gasteiger partial charge on any atom is -0.326 e. The van der Waals surface area contributed by atoms with Gasteiger partial charge in [-0.3, -0.25) is 14.9 Å². The standard InChI is InChI=1S/C21H19F2N3O2S/c1-21(2,3)19(28)24-14-6-4-5-12(9-14)18(27)26-20-25-17(11-29-20)15-10-13(22)7-8-16(15)23/h4-11H,1-3H3,(H,24,28)(H,25,26,27). The summed E-state index contributed by atoms with van der Waals surface area (Å²) in [5, 5.41) is 7.18. The minimum atomic E-state index is -0.600. The lowest BCUT2D eigenvalue weighted by Crippen LogP contribution is -2.27. The molecule has 3 aromatic rings. The molecule has 3 rings (SSSR count). The van der Waals surface area contributed by atoms with Crippen molar-refractivity contribution < 1.29 is 18.4 Å². The van der Waals surface area contributed by atoms with Gasteiger partial charge in [0, 0.05) is 27.6 Å². The summed E-state index contributed by atoms with van der Waals surface area (Å²) in [6.45, 7) is 5.38. The first kappa shape index (κ1) is 20.6. The van der Waals surface area contributed by atoms with E-state index in [2.05, 4.69) is 15.6 Å². The van der Waals surface area contributed by atoms with Crippen molar-refractivity contribution >= 4 is 34.0 Å². The lowest BCUT2D eigenvalue weighted by molar-refractivity contribution is -0.123. The summed E-state index contributed by atoms with van der Waals surface area (Å²) >= 11 is 1.10. The number of aromatic nitrogens is 1. The highest BCUT2D eigenvalue weighted by Crippen LogP contribution is 2.28. The fourth-order valence-electron chi connectivity index (χ4n) is 2.37. The van der Waals surface area contributed by atoms with Crippen molar-refractivity contribution in [1.82, 2.24) is 4.98 Å². The quantitative estimate of drug-likeness (QED) is 0.605. The normalized spacial score (nSPS) is 11.2. The fraction of sp³-hybridized carbons (Fsp3) is 0.190. The molecule has 0 aliphatic carbocycles. The Bertz CT molecular complexity index is 1070. The first-order chi connectivity index (χ1) is 13.6. The Kier molecular flexibility index (Phi) is 5.74. The number of carbonyl (C=O) groups excluding carboxylic acids is 2. The third-order valence-electron chi connectivity index (χ3n) is 3.99. The van der Waals surface area contributed by atoms with Crippen LogP contribution in [0.4, 0.5) is 19.6 Å². The van der Waals surface area contributed by atoms with Gasteiger partial charge in [-0.05, 0) is 36.4 Å². The molecule has 0 aliphatic rings. The van der Waals surface area contributed by atoms with E-state index in [0.717, 1.165) is 29.5 Å². The van der Waals surface area contributed by atoms with E-state index in [1.807, 2.05) is 0 Å². The maximum absolute atomic E-state index is 13.9. The van der Waals surface area contributed by atoms with Crippen LogP contribution in [-0.4, -0.2) is 16.8 Å². The zero-order chi connectivity index (χ0) is 21.2. The molecule has 0 saturated carbocycles. The Morgan fingerprint density at radius 3 is 2.52 bits per heavy atom. The van der Waals surface area contributed by atoms with E-state index < -0.39 is 23.0 Å². The van der Waals surface area contributed by atoms with Crippen molar-refractivity contribution in [3.8, 4) is 11.3 Å². The summed E-state index contributed by atoms with van der Waals surface area (Å²) in [5.74, 6) is -1.78. The number of benzene rings is 2. The molecule has 0 radical (unpaired) electrons. The molecule has 0 aliphatic heterocycles. The van der Waals surface area contributed by atoms with Crippen molar-refractivity contribution in [2.24, 2.45) is 5.41 Å². The van der Waals surface area contributed by atoms with Crippen LogP contribution in [0.25, 0.3) is 11.3 Å². The van der Waals surface area contributed by atoms with Gasteiger partial charge in [-0.25, -0.2) is 13.8 Å². The van der Waals surface area contributed by atoms with E-state index in [4.69, 9.17) is 0 Å². The van der Waals surface area contributed by atoms with Crippen molar-refractivity contribution in [1.29, 1.82) is 0 Å². The molecule has 150 valence electrons. The molecule has 0 saturated heterocycles. The number of carbonyl (C=O) groups is 2. The largest absolute Gasteiger partial charge is 0.326 e. The Labute approximate surface area is 170 Å². The van der Waals surface area contributed by atoms with Gasteiger partial charge in [0.15, 0.2) is 5.13 Å². The number of nitrogens with one attached hydrogen (secondary N) is 2. The van der Waals surface area contributed by atoms with Crippen LogP contribution in [0.15, 0.2) is 47.8 Å². The van der Waals surface area contributed by atoms with E-state index in [1.165, 1.54) is 5.38 Å². The molecular formula is C21H19F2N3O2S. The number of hydrogen-bond donors (Lipinski definition) is 2. The Morgan fingerprint density at radius 2 is 1.79 bits per heavy atom. The second-order valence-electron chi connectivity index (χ2n) is 7.40. The van der Waals surface area contributed by atoms with Crippen molar-refractivity contribution in [2.45, 2.75) is 20.8 Å². The Balaban J connectivity index is 1.74. The molecular weight excluding hydrogens is 396 g/mol. The summed E-state index contributed by atoms with van der Waals surface area (Å²) in [5.41, 5.74) is 0.508. The first-order valence-electron chi connectivity index (χ1n) is 8.77. The van der Waals surface area contributed by atoms with E-state index in [9.17, 15) is 18.4 Å². The molecule has 0 fully saturated rings. The second-order valence-corrected chi connectivity index (χ2v) is 8.26. The number of amides is 2. The second kappa shape index (κ2) is 8.08. The lowest BCUT2D eigenvalue weighted by atomic mass is 9.95.